The van der Waals surface area contributed by atoms with E-state index < -0.39 is 5.97 Å². The van der Waals surface area contributed by atoms with Crippen molar-refractivity contribution < 1.29 is 13.9 Å². The summed E-state index contributed by atoms with van der Waals surface area (Å²) in [5, 5.41) is 9.64. The summed E-state index contributed by atoms with van der Waals surface area (Å²) in [7, 11) is 0. The van der Waals surface area contributed by atoms with Crippen LogP contribution in [0.2, 0.25) is 10.0 Å². The van der Waals surface area contributed by atoms with Crippen LogP contribution in [-0.2, 0) is 0 Å². The molecule has 0 aliphatic heterocycles. The fraction of sp³-hybridized carbons (Fsp3) is 0. The van der Waals surface area contributed by atoms with Crippen LogP contribution in [0.3, 0.4) is 0 Å². The maximum Gasteiger partial charge on any atom is 0.345 e. The number of carbonyl (C=O) groups is 1. The van der Waals surface area contributed by atoms with Gasteiger partial charge in [-0.3, -0.25) is 5.43 Å². The van der Waals surface area contributed by atoms with Crippen LogP contribution < -0.4 is 15.5 Å². The van der Waals surface area contributed by atoms with Gasteiger partial charge < -0.3 is 10.1 Å². The fourth-order valence-corrected chi connectivity index (χ4v) is 3.81. The average molecular weight is 512 g/mol. The number of ether oxygens (including phenoxy) is 1. The molecular formula is C25H16Cl2FN3O2S. The Hall–Kier alpha value is -3.52. The molecule has 4 aromatic carbocycles. The van der Waals surface area contributed by atoms with Gasteiger partial charge in [-0.05, 0) is 71.5 Å². The monoisotopic (exact) mass is 511 g/mol. The summed E-state index contributed by atoms with van der Waals surface area (Å²) in [5.74, 6) is -0.689. The summed E-state index contributed by atoms with van der Waals surface area (Å²) in [4.78, 5) is 12.8. The molecule has 0 bridgehead atoms. The van der Waals surface area contributed by atoms with E-state index in [9.17, 15) is 9.18 Å². The molecule has 34 heavy (non-hydrogen) atoms. The van der Waals surface area contributed by atoms with E-state index in [4.69, 9.17) is 40.2 Å². The maximum atomic E-state index is 13.1. The van der Waals surface area contributed by atoms with Crippen LogP contribution in [0.5, 0.6) is 5.75 Å². The lowest BCUT2D eigenvalue weighted by molar-refractivity contribution is 0.0735. The molecule has 2 N–H and O–H groups in total. The number of hydrogen-bond donors (Lipinski definition) is 2. The SMILES string of the molecule is O=C(Oc1ccc2ccccc2c1/C=N/NC(=S)Nc1ccc(F)cc1)c1ccc(Cl)cc1Cl. The van der Waals surface area contributed by atoms with Crippen LogP contribution in [0.25, 0.3) is 10.8 Å². The van der Waals surface area contributed by atoms with Crippen molar-refractivity contribution in [2.24, 2.45) is 5.10 Å². The van der Waals surface area contributed by atoms with E-state index in [1.54, 1.807) is 24.3 Å². The zero-order chi connectivity index (χ0) is 24.1. The van der Waals surface area contributed by atoms with Gasteiger partial charge in [0, 0.05) is 16.3 Å². The molecule has 0 spiro atoms. The van der Waals surface area contributed by atoms with Crippen molar-refractivity contribution in [3.63, 3.8) is 0 Å². The number of esters is 1. The van der Waals surface area contributed by atoms with Crippen molar-refractivity contribution in [2.45, 2.75) is 0 Å². The van der Waals surface area contributed by atoms with Crippen molar-refractivity contribution in [1.29, 1.82) is 0 Å². The van der Waals surface area contributed by atoms with Gasteiger partial charge in [0.15, 0.2) is 5.11 Å². The molecule has 0 radical (unpaired) electrons. The molecule has 170 valence electrons. The molecule has 0 heterocycles. The van der Waals surface area contributed by atoms with Gasteiger partial charge in [0.2, 0.25) is 0 Å². The van der Waals surface area contributed by atoms with Crippen molar-refractivity contribution in [3.8, 4) is 5.75 Å². The molecule has 0 amide bonds. The second-order valence-corrected chi connectivity index (χ2v) is 8.30. The Labute approximate surface area is 210 Å². The number of benzene rings is 4. The third kappa shape index (κ3) is 5.69. The summed E-state index contributed by atoms with van der Waals surface area (Å²) in [6, 6.07) is 21.4. The van der Waals surface area contributed by atoms with E-state index in [-0.39, 0.29) is 27.3 Å². The van der Waals surface area contributed by atoms with Gasteiger partial charge in [-0.2, -0.15) is 5.10 Å². The molecular weight excluding hydrogens is 496 g/mol. The zero-order valence-electron chi connectivity index (χ0n) is 17.4. The Morgan fingerprint density at radius 3 is 2.53 bits per heavy atom. The van der Waals surface area contributed by atoms with Crippen LogP contribution in [-0.4, -0.2) is 17.3 Å². The lowest BCUT2D eigenvalue weighted by Gasteiger charge is -2.12. The quantitative estimate of drug-likeness (QED) is 0.101. The topological polar surface area (TPSA) is 62.7 Å². The number of hydrazone groups is 1. The minimum Gasteiger partial charge on any atom is -0.422 e. The fourth-order valence-electron chi connectivity index (χ4n) is 3.16. The number of nitrogens with one attached hydrogen (secondary N) is 2. The van der Waals surface area contributed by atoms with E-state index in [2.05, 4.69) is 15.8 Å². The Morgan fingerprint density at radius 1 is 1.00 bits per heavy atom. The molecule has 0 atom stereocenters. The number of rotatable bonds is 5. The first-order valence-electron chi connectivity index (χ1n) is 9.95. The van der Waals surface area contributed by atoms with Crippen molar-refractivity contribution >= 4 is 69.2 Å². The van der Waals surface area contributed by atoms with E-state index in [0.717, 1.165) is 10.8 Å². The summed E-state index contributed by atoms with van der Waals surface area (Å²) < 4.78 is 18.7. The van der Waals surface area contributed by atoms with Gasteiger partial charge in [-0.1, -0.05) is 53.5 Å². The van der Waals surface area contributed by atoms with Gasteiger partial charge in [-0.25, -0.2) is 9.18 Å². The predicted octanol–water partition coefficient (Wildman–Crippen LogP) is 6.83. The van der Waals surface area contributed by atoms with E-state index in [1.807, 2.05) is 30.3 Å². The molecule has 9 heteroatoms. The molecule has 4 aromatic rings. The van der Waals surface area contributed by atoms with Crippen LogP contribution in [0.4, 0.5) is 10.1 Å². The number of thiocarbonyl (C=S) groups is 1. The first-order valence-corrected chi connectivity index (χ1v) is 11.1. The highest BCUT2D eigenvalue weighted by molar-refractivity contribution is 7.80. The average Bonchev–Trinajstić information content (AvgIpc) is 2.81. The molecule has 0 aliphatic carbocycles. The van der Waals surface area contributed by atoms with E-state index in [1.165, 1.54) is 30.5 Å². The van der Waals surface area contributed by atoms with Crippen molar-refractivity contribution in [1.82, 2.24) is 5.43 Å². The maximum absolute atomic E-state index is 13.1. The molecule has 0 unspecified atom stereocenters. The molecule has 0 fully saturated rings. The van der Waals surface area contributed by atoms with Gasteiger partial charge in [-0.15, -0.1) is 0 Å². The standard InChI is InChI=1S/C25H16Cl2FN3O2S/c26-16-6-11-20(22(27)13-16)24(32)33-23-12-5-15-3-1-2-4-19(15)21(23)14-29-31-25(34)30-18-9-7-17(28)8-10-18/h1-14H,(H2,30,31,34)/b29-14+. The second kappa shape index (κ2) is 10.6. The lowest BCUT2D eigenvalue weighted by Crippen LogP contribution is -2.23. The highest BCUT2D eigenvalue weighted by Crippen LogP contribution is 2.29. The minimum absolute atomic E-state index is 0.185. The van der Waals surface area contributed by atoms with E-state index in [0.29, 0.717) is 16.3 Å². The zero-order valence-corrected chi connectivity index (χ0v) is 19.7. The van der Waals surface area contributed by atoms with Crippen LogP contribution >= 0.6 is 35.4 Å². The molecule has 4 rings (SSSR count). The van der Waals surface area contributed by atoms with Crippen molar-refractivity contribution in [2.75, 3.05) is 5.32 Å². The highest BCUT2D eigenvalue weighted by Gasteiger charge is 2.16. The normalized spacial score (nSPS) is 10.9. The Morgan fingerprint density at radius 2 is 1.76 bits per heavy atom. The van der Waals surface area contributed by atoms with E-state index >= 15 is 0 Å². The number of hydrogen-bond acceptors (Lipinski definition) is 4. The smallest absolute Gasteiger partial charge is 0.345 e. The molecule has 0 aromatic heterocycles. The number of halogens is 3. The summed E-state index contributed by atoms with van der Waals surface area (Å²) in [6.45, 7) is 0. The largest absolute Gasteiger partial charge is 0.422 e. The van der Waals surface area contributed by atoms with Gasteiger partial charge in [0.05, 0.1) is 16.8 Å². The lowest BCUT2D eigenvalue weighted by atomic mass is 10.0. The Balaban J connectivity index is 1.57. The molecule has 0 aliphatic rings. The Bertz CT molecular complexity index is 1410. The van der Waals surface area contributed by atoms with Crippen LogP contribution in [0, 0.1) is 5.82 Å². The highest BCUT2D eigenvalue weighted by atomic mass is 35.5. The summed E-state index contributed by atoms with van der Waals surface area (Å²) in [5.41, 5.74) is 4.06. The number of anilines is 1. The molecule has 5 nitrogen and oxygen atoms in total. The van der Waals surface area contributed by atoms with Gasteiger partial charge >= 0.3 is 5.97 Å². The number of fused-ring (bicyclic) bond motifs is 1. The summed E-state index contributed by atoms with van der Waals surface area (Å²) >= 11 is 17.3. The molecule has 0 saturated carbocycles. The third-order valence-corrected chi connectivity index (χ3v) is 5.49. The molecule has 0 saturated heterocycles. The number of carbonyl (C=O) groups excluding carboxylic acids is 1. The Kier molecular flexibility index (Phi) is 7.37. The first-order chi connectivity index (χ1) is 16.4. The minimum atomic E-state index is -0.631. The summed E-state index contributed by atoms with van der Waals surface area (Å²) in [6.07, 6.45) is 1.51. The van der Waals surface area contributed by atoms with Gasteiger partial charge in [0.1, 0.15) is 11.6 Å². The number of nitrogens with zero attached hydrogens (tertiary/aromatic N) is 1. The van der Waals surface area contributed by atoms with Crippen molar-refractivity contribution in [3.05, 3.63) is 106 Å². The van der Waals surface area contributed by atoms with Crippen LogP contribution in [0.1, 0.15) is 15.9 Å². The predicted molar refractivity (Wildman–Crippen MR) is 139 cm³/mol. The second-order valence-electron chi connectivity index (χ2n) is 7.04. The van der Waals surface area contributed by atoms with Crippen LogP contribution in [0.15, 0.2) is 84.0 Å². The van der Waals surface area contributed by atoms with Gasteiger partial charge in [0.25, 0.3) is 0 Å². The first kappa shape index (κ1) is 23.6. The third-order valence-electron chi connectivity index (χ3n) is 4.75.